The summed E-state index contributed by atoms with van der Waals surface area (Å²) in [7, 11) is 0. The molecule has 2 unspecified atom stereocenters. The quantitative estimate of drug-likeness (QED) is 0.811. The molecule has 3 nitrogen and oxygen atoms in total. The molecule has 4 heteroatoms. The van der Waals surface area contributed by atoms with Gasteiger partial charge in [-0.3, -0.25) is 9.97 Å². The van der Waals surface area contributed by atoms with E-state index in [1.807, 2.05) is 0 Å². The lowest BCUT2D eigenvalue weighted by atomic mass is 9.83. The highest BCUT2D eigenvalue weighted by Gasteiger charge is 2.43. The van der Waals surface area contributed by atoms with Gasteiger partial charge in [-0.05, 0) is 25.7 Å². The minimum absolute atomic E-state index is 0.611. The second-order valence-electron chi connectivity index (χ2n) is 4.84. The second-order valence-corrected chi connectivity index (χ2v) is 6.45. The van der Waals surface area contributed by atoms with Gasteiger partial charge in [0.2, 0.25) is 0 Å². The summed E-state index contributed by atoms with van der Waals surface area (Å²) >= 11 is 2.06. The lowest BCUT2D eigenvalue weighted by Gasteiger charge is -2.43. The smallest absolute Gasteiger partial charge is 0.110 e. The van der Waals surface area contributed by atoms with Gasteiger partial charge in [0.05, 0.1) is 11.9 Å². The highest BCUT2D eigenvalue weighted by molar-refractivity contribution is 8.00. The standard InChI is InChI=1S/C12H16N2OS/c15-12(11-8-13-4-5-14-11)6-9-2-1-3-10(7-12)16-9/h4-5,8-10,15H,1-3,6-7H2. The van der Waals surface area contributed by atoms with Crippen LogP contribution in [0.15, 0.2) is 18.6 Å². The maximum Gasteiger partial charge on any atom is 0.110 e. The molecule has 3 rings (SSSR count). The molecule has 2 saturated heterocycles. The number of nitrogens with zero attached hydrogens (tertiary/aromatic N) is 2. The Kier molecular flexibility index (Phi) is 2.64. The molecule has 0 saturated carbocycles. The van der Waals surface area contributed by atoms with Crippen LogP contribution in [0.25, 0.3) is 0 Å². The van der Waals surface area contributed by atoms with Crippen LogP contribution < -0.4 is 0 Å². The maximum absolute atomic E-state index is 10.7. The van der Waals surface area contributed by atoms with Crippen molar-refractivity contribution in [1.82, 2.24) is 9.97 Å². The van der Waals surface area contributed by atoms with E-state index in [4.69, 9.17) is 0 Å². The van der Waals surface area contributed by atoms with E-state index in [-0.39, 0.29) is 0 Å². The first-order valence-corrected chi connectivity index (χ1v) is 6.85. The van der Waals surface area contributed by atoms with E-state index in [0.717, 1.165) is 18.5 Å². The fourth-order valence-corrected chi connectivity index (χ4v) is 4.76. The summed E-state index contributed by atoms with van der Waals surface area (Å²) in [6.07, 6.45) is 10.5. The number of thioether (sulfide) groups is 1. The van der Waals surface area contributed by atoms with Crippen molar-refractivity contribution in [2.45, 2.75) is 48.2 Å². The van der Waals surface area contributed by atoms with Crippen molar-refractivity contribution >= 4 is 11.8 Å². The highest BCUT2D eigenvalue weighted by atomic mass is 32.2. The molecule has 0 aliphatic carbocycles. The van der Waals surface area contributed by atoms with Crippen molar-refractivity contribution in [1.29, 1.82) is 0 Å². The zero-order valence-corrected chi connectivity index (χ0v) is 9.99. The van der Waals surface area contributed by atoms with Crippen molar-refractivity contribution in [2.75, 3.05) is 0 Å². The van der Waals surface area contributed by atoms with Crippen LogP contribution in [-0.4, -0.2) is 25.6 Å². The molecule has 1 aromatic heterocycles. The zero-order valence-electron chi connectivity index (χ0n) is 9.17. The fourth-order valence-electron chi connectivity index (χ4n) is 2.87. The molecule has 16 heavy (non-hydrogen) atoms. The lowest BCUT2D eigenvalue weighted by molar-refractivity contribution is 0.00370. The summed E-state index contributed by atoms with van der Waals surface area (Å²) in [6, 6.07) is 0. The van der Waals surface area contributed by atoms with E-state index in [2.05, 4.69) is 21.7 Å². The monoisotopic (exact) mass is 236 g/mol. The summed E-state index contributed by atoms with van der Waals surface area (Å²) in [6.45, 7) is 0. The molecule has 0 amide bonds. The van der Waals surface area contributed by atoms with Crippen LogP contribution in [-0.2, 0) is 5.60 Å². The van der Waals surface area contributed by atoms with Crippen LogP contribution in [0.2, 0.25) is 0 Å². The molecule has 1 aromatic rings. The van der Waals surface area contributed by atoms with Gasteiger partial charge in [-0.15, -0.1) is 0 Å². The summed E-state index contributed by atoms with van der Waals surface area (Å²) < 4.78 is 0. The summed E-state index contributed by atoms with van der Waals surface area (Å²) in [5.74, 6) is 0. The third-order valence-corrected chi connectivity index (χ3v) is 5.18. The SMILES string of the molecule is OC1(c2cnccn2)CC2CCCC(C1)S2. The molecule has 2 aliphatic heterocycles. The molecule has 2 atom stereocenters. The lowest BCUT2D eigenvalue weighted by Crippen LogP contribution is -2.41. The second kappa shape index (κ2) is 4.00. The van der Waals surface area contributed by atoms with Crippen LogP contribution in [0.5, 0.6) is 0 Å². The van der Waals surface area contributed by atoms with Crippen molar-refractivity contribution in [3.05, 3.63) is 24.3 Å². The first-order valence-electron chi connectivity index (χ1n) is 5.91. The van der Waals surface area contributed by atoms with E-state index in [1.54, 1.807) is 18.6 Å². The van der Waals surface area contributed by atoms with Gasteiger partial charge in [-0.25, -0.2) is 0 Å². The van der Waals surface area contributed by atoms with Crippen LogP contribution in [0.3, 0.4) is 0 Å². The van der Waals surface area contributed by atoms with E-state index >= 15 is 0 Å². The number of aromatic nitrogens is 2. The third-order valence-electron chi connectivity index (χ3n) is 3.61. The molecule has 2 aliphatic rings. The van der Waals surface area contributed by atoms with Gasteiger partial charge < -0.3 is 5.11 Å². The molecule has 0 aromatic carbocycles. The Labute approximate surface area is 99.7 Å². The first-order chi connectivity index (χ1) is 7.76. The zero-order chi connectivity index (χ0) is 11.0. The molecule has 86 valence electrons. The minimum Gasteiger partial charge on any atom is -0.383 e. The normalized spacial score (nSPS) is 38.3. The Hall–Kier alpha value is -0.610. The van der Waals surface area contributed by atoms with Gasteiger partial charge in [0, 0.05) is 22.9 Å². The minimum atomic E-state index is -0.727. The number of aliphatic hydroxyl groups is 1. The van der Waals surface area contributed by atoms with Crippen LogP contribution in [0.1, 0.15) is 37.8 Å². The Morgan fingerprint density at radius 2 is 2.00 bits per heavy atom. The van der Waals surface area contributed by atoms with Gasteiger partial charge in [0.15, 0.2) is 0 Å². The Bertz CT molecular complexity index is 359. The van der Waals surface area contributed by atoms with Gasteiger partial charge in [0.1, 0.15) is 5.60 Å². The third kappa shape index (κ3) is 1.84. The van der Waals surface area contributed by atoms with Crippen LogP contribution in [0, 0.1) is 0 Å². The molecule has 1 N–H and O–H groups in total. The summed E-state index contributed by atoms with van der Waals surface area (Å²) in [5.41, 5.74) is 0.0297. The first kappa shape index (κ1) is 10.5. The Morgan fingerprint density at radius 1 is 1.25 bits per heavy atom. The Balaban J connectivity index is 1.88. The molecular formula is C12H16N2OS. The van der Waals surface area contributed by atoms with Gasteiger partial charge in [-0.1, -0.05) is 6.42 Å². The molecular weight excluding hydrogens is 220 g/mol. The predicted octanol–water partition coefficient (Wildman–Crippen LogP) is 2.11. The molecule has 0 spiro atoms. The maximum atomic E-state index is 10.7. The van der Waals surface area contributed by atoms with E-state index < -0.39 is 5.60 Å². The van der Waals surface area contributed by atoms with E-state index in [0.29, 0.717) is 10.5 Å². The Morgan fingerprint density at radius 3 is 2.62 bits per heavy atom. The highest BCUT2D eigenvalue weighted by Crippen LogP contribution is 2.48. The van der Waals surface area contributed by atoms with Crippen molar-refractivity contribution in [3.8, 4) is 0 Å². The van der Waals surface area contributed by atoms with Crippen molar-refractivity contribution < 1.29 is 5.11 Å². The number of hydrogen-bond donors (Lipinski definition) is 1. The van der Waals surface area contributed by atoms with Crippen LogP contribution >= 0.6 is 11.8 Å². The molecule has 2 bridgehead atoms. The summed E-state index contributed by atoms with van der Waals surface area (Å²) in [4.78, 5) is 8.35. The van der Waals surface area contributed by atoms with E-state index in [9.17, 15) is 5.11 Å². The largest absolute Gasteiger partial charge is 0.383 e. The van der Waals surface area contributed by atoms with Crippen molar-refractivity contribution in [3.63, 3.8) is 0 Å². The number of hydrogen-bond acceptors (Lipinski definition) is 4. The topological polar surface area (TPSA) is 46.0 Å². The van der Waals surface area contributed by atoms with Crippen LogP contribution in [0.4, 0.5) is 0 Å². The summed E-state index contributed by atoms with van der Waals surface area (Å²) in [5, 5.41) is 12.0. The number of rotatable bonds is 1. The average Bonchev–Trinajstić information content (AvgIpc) is 2.29. The van der Waals surface area contributed by atoms with Gasteiger partial charge >= 0.3 is 0 Å². The average molecular weight is 236 g/mol. The predicted molar refractivity (Wildman–Crippen MR) is 64.2 cm³/mol. The van der Waals surface area contributed by atoms with Gasteiger partial charge in [0.25, 0.3) is 0 Å². The molecule has 3 heterocycles. The van der Waals surface area contributed by atoms with E-state index in [1.165, 1.54) is 19.3 Å². The fraction of sp³-hybridized carbons (Fsp3) is 0.667. The van der Waals surface area contributed by atoms with Gasteiger partial charge in [-0.2, -0.15) is 11.8 Å². The molecule has 0 radical (unpaired) electrons. The molecule has 2 fully saturated rings. The number of fused-ring (bicyclic) bond motifs is 2. The van der Waals surface area contributed by atoms with Crippen molar-refractivity contribution in [2.24, 2.45) is 0 Å².